The summed E-state index contributed by atoms with van der Waals surface area (Å²) in [6, 6.07) is 8.40. The molecule has 4 rings (SSSR count). The highest BCUT2D eigenvalue weighted by Gasteiger charge is 2.35. The second kappa shape index (κ2) is 8.96. The molecule has 1 saturated heterocycles. The number of benzene rings is 2. The molecule has 2 aromatic rings. The number of carbonyl (C=O) groups excluding carboxylic acids is 2. The van der Waals surface area contributed by atoms with E-state index in [2.05, 4.69) is 10.6 Å². The molecule has 2 atom stereocenters. The lowest BCUT2D eigenvalue weighted by Gasteiger charge is -2.32. The van der Waals surface area contributed by atoms with Gasteiger partial charge in [0.25, 0.3) is 5.91 Å². The molecule has 2 heterocycles. The van der Waals surface area contributed by atoms with Crippen molar-refractivity contribution in [1.82, 2.24) is 4.31 Å². The minimum Gasteiger partial charge on any atom is -0.479 e. The predicted molar refractivity (Wildman–Crippen MR) is 126 cm³/mol. The zero-order valence-corrected chi connectivity index (χ0v) is 20.2. The summed E-state index contributed by atoms with van der Waals surface area (Å²) in [5.74, 6) is -0.732. The van der Waals surface area contributed by atoms with E-state index in [1.807, 2.05) is 13.0 Å². The topological polar surface area (TPSA) is 105 Å². The smallest absolute Gasteiger partial charge is 0.265 e. The summed E-state index contributed by atoms with van der Waals surface area (Å²) in [6.07, 6.45) is 0.427. The summed E-state index contributed by atoms with van der Waals surface area (Å²) in [5.41, 5.74) is 2.42. The summed E-state index contributed by atoms with van der Waals surface area (Å²) in [5, 5.41) is 5.99. The minimum absolute atomic E-state index is 0.0716. The number of piperidine rings is 1. The maximum Gasteiger partial charge on any atom is 0.265 e. The summed E-state index contributed by atoms with van der Waals surface area (Å²) >= 11 is 6.23. The van der Waals surface area contributed by atoms with Crippen LogP contribution in [0.15, 0.2) is 35.2 Å². The molecule has 2 aromatic carbocycles. The van der Waals surface area contributed by atoms with Crippen molar-refractivity contribution in [3.05, 3.63) is 46.5 Å². The van der Waals surface area contributed by atoms with Crippen molar-refractivity contribution in [1.29, 1.82) is 0 Å². The third-order valence-electron chi connectivity index (χ3n) is 5.96. The molecule has 176 valence electrons. The van der Waals surface area contributed by atoms with E-state index < -0.39 is 22.0 Å². The monoisotopic (exact) mass is 491 g/mol. The number of ether oxygens (including phenoxy) is 1. The number of fused-ring (bicyclic) bond motifs is 1. The van der Waals surface area contributed by atoms with E-state index >= 15 is 0 Å². The van der Waals surface area contributed by atoms with Crippen molar-refractivity contribution in [2.75, 3.05) is 23.7 Å². The lowest BCUT2D eigenvalue weighted by molar-refractivity contribution is -0.123. The molecule has 2 N–H and O–H groups in total. The van der Waals surface area contributed by atoms with Crippen molar-refractivity contribution in [3.8, 4) is 5.75 Å². The van der Waals surface area contributed by atoms with E-state index in [4.69, 9.17) is 16.3 Å². The highest BCUT2D eigenvalue weighted by molar-refractivity contribution is 7.89. The number of carbonyl (C=O) groups is 2. The Hall–Kier alpha value is -2.62. The molecular weight excluding hydrogens is 466 g/mol. The number of nitrogens with zero attached hydrogens (tertiary/aromatic N) is 1. The van der Waals surface area contributed by atoms with Gasteiger partial charge in [0, 0.05) is 19.2 Å². The number of amides is 2. The van der Waals surface area contributed by atoms with Crippen LogP contribution in [0.2, 0.25) is 5.02 Å². The van der Waals surface area contributed by atoms with Crippen LogP contribution < -0.4 is 15.4 Å². The zero-order chi connectivity index (χ0) is 23.9. The Bertz CT molecular complexity index is 1230. The number of anilines is 2. The van der Waals surface area contributed by atoms with E-state index in [0.29, 0.717) is 47.1 Å². The molecule has 0 saturated carbocycles. The fraction of sp³-hybridized carbons (Fsp3) is 0.391. The fourth-order valence-corrected chi connectivity index (χ4v) is 6.12. The summed E-state index contributed by atoms with van der Waals surface area (Å²) in [6.45, 7) is 5.57. The molecule has 1 fully saturated rings. The van der Waals surface area contributed by atoms with Crippen LogP contribution in [-0.4, -0.2) is 43.7 Å². The number of sulfonamides is 1. The van der Waals surface area contributed by atoms with E-state index in [0.717, 1.165) is 5.56 Å². The van der Waals surface area contributed by atoms with Gasteiger partial charge in [-0.1, -0.05) is 17.7 Å². The van der Waals surface area contributed by atoms with Gasteiger partial charge in [-0.15, -0.1) is 0 Å². The summed E-state index contributed by atoms with van der Waals surface area (Å²) < 4.78 is 33.9. The van der Waals surface area contributed by atoms with Gasteiger partial charge in [-0.25, -0.2) is 8.42 Å². The maximum atomic E-state index is 13.5. The van der Waals surface area contributed by atoms with Gasteiger partial charge in [-0.05, 0) is 62.9 Å². The first-order valence-electron chi connectivity index (χ1n) is 10.8. The Morgan fingerprint density at radius 3 is 2.73 bits per heavy atom. The van der Waals surface area contributed by atoms with E-state index in [-0.39, 0.29) is 23.3 Å². The minimum atomic E-state index is -3.88. The van der Waals surface area contributed by atoms with Crippen molar-refractivity contribution < 1.29 is 22.7 Å². The van der Waals surface area contributed by atoms with Gasteiger partial charge in [-0.2, -0.15) is 4.31 Å². The number of rotatable bonds is 4. The first-order chi connectivity index (χ1) is 15.6. The summed E-state index contributed by atoms with van der Waals surface area (Å²) in [7, 11) is -3.88. The number of aryl methyl sites for hydroxylation is 2. The first kappa shape index (κ1) is 23.5. The van der Waals surface area contributed by atoms with Gasteiger partial charge in [0.1, 0.15) is 5.75 Å². The van der Waals surface area contributed by atoms with Gasteiger partial charge in [-0.3, -0.25) is 9.59 Å². The Kier molecular flexibility index (Phi) is 6.39. The summed E-state index contributed by atoms with van der Waals surface area (Å²) in [4.78, 5) is 24.8. The van der Waals surface area contributed by atoms with Crippen molar-refractivity contribution in [2.24, 2.45) is 5.92 Å². The molecule has 0 radical (unpaired) electrons. The van der Waals surface area contributed by atoms with Crippen LogP contribution in [0.1, 0.15) is 30.9 Å². The van der Waals surface area contributed by atoms with Crippen LogP contribution in [0.25, 0.3) is 0 Å². The van der Waals surface area contributed by atoms with Crippen molar-refractivity contribution >= 4 is 44.8 Å². The normalized spacial score (nSPS) is 21.0. The van der Waals surface area contributed by atoms with Crippen LogP contribution >= 0.6 is 11.6 Å². The molecular formula is C23H26ClN3O5S. The molecule has 8 nitrogen and oxygen atoms in total. The molecule has 2 amide bonds. The van der Waals surface area contributed by atoms with Crippen LogP contribution in [-0.2, 0) is 19.6 Å². The first-order valence-corrected chi connectivity index (χ1v) is 12.6. The van der Waals surface area contributed by atoms with Gasteiger partial charge in [0.15, 0.2) is 6.10 Å². The van der Waals surface area contributed by atoms with Crippen LogP contribution in [0, 0.1) is 19.8 Å². The average molecular weight is 492 g/mol. The van der Waals surface area contributed by atoms with Crippen LogP contribution in [0.3, 0.4) is 0 Å². The molecule has 0 bridgehead atoms. The third kappa shape index (κ3) is 4.71. The van der Waals surface area contributed by atoms with Crippen molar-refractivity contribution in [2.45, 2.75) is 44.6 Å². The fourth-order valence-electron chi connectivity index (χ4n) is 4.09. The number of hydrogen-bond donors (Lipinski definition) is 2. The molecule has 10 heteroatoms. The lowest BCUT2D eigenvalue weighted by atomic mass is 9.98. The molecule has 2 aliphatic rings. The van der Waals surface area contributed by atoms with E-state index in [1.54, 1.807) is 32.0 Å². The standard InChI is InChI=1S/C23H26ClN3O5S/c1-13-6-7-18(17(24)9-13)25-23(29)16-5-4-8-27(12-16)33(30,31)21-11-20-19(10-14(21)2)26-22(28)15(3)32-20/h6-7,9-11,15-16H,4-5,8,12H2,1-3H3,(H,25,29)(H,26,28)/t15-,16+/m0/s1. The van der Waals surface area contributed by atoms with Gasteiger partial charge in [0.2, 0.25) is 15.9 Å². The third-order valence-corrected chi connectivity index (χ3v) is 8.28. The van der Waals surface area contributed by atoms with Gasteiger partial charge in [0.05, 0.1) is 27.2 Å². The van der Waals surface area contributed by atoms with Gasteiger partial charge >= 0.3 is 0 Å². The number of hydrogen-bond acceptors (Lipinski definition) is 5. The zero-order valence-electron chi connectivity index (χ0n) is 18.6. The van der Waals surface area contributed by atoms with Crippen molar-refractivity contribution in [3.63, 3.8) is 0 Å². The van der Waals surface area contributed by atoms with Gasteiger partial charge < -0.3 is 15.4 Å². The SMILES string of the molecule is Cc1ccc(NC(=O)[C@@H]2CCCN(S(=O)(=O)c3cc4c(cc3C)NC(=O)[C@H](C)O4)C2)c(Cl)c1. The van der Waals surface area contributed by atoms with Crippen LogP contribution in [0.5, 0.6) is 5.75 Å². The van der Waals surface area contributed by atoms with Crippen LogP contribution in [0.4, 0.5) is 11.4 Å². The average Bonchev–Trinajstić information content (AvgIpc) is 2.76. The maximum absolute atomic E-state index is 13.5. The largest absolute Gasteiger partial charge is 0.479 e. The molecule has 0 spiro atoms. The second-order valence-corrected chi connectivity index (χ2v) is 10.9. The molecule has 33 heavy (non-hydrogen) atoms. The number of halogens is 1. The Morgan fingerprint density at radius 2 is 2.00 bits per heavy atom. The highest BCUT2D eigenvalue weighted by Crippen LogP contribution is 2.36. The van der Waals surface area contributed by atoms with E-state index in [9.17, 15) is 18.0 Å². The van der Waals surface area contributed by atoms with E-state index in [1.165, 1.54) is 10.4 Å². The quantitative estimate of drug-likeness (QED) is 0.678. The molecule has 0 aromatic heterocycles. The lowest BCUT2D eigenvalue weighted by Crippen LogP contribution is -2.44. The Labute approximate surface area is 198 Å². The number of nitrogens with one attached hydrogen (secondary N) is 2. The highest BCUT2D eigenvalue weighted by atomic mass is 35.5. The second-order valence-electron chi connectivity index (χ2n) is 8.54. The molecule has 0 unspecified atom stereocenters. The molecule has 2 aliphatic heterocycles. The Morgan fingerprint density at radius 1 is 1.24 bits per heavy atom. The Balaban J connectivity index is 1.54. The predicted octanol–water partition coefficient (Wildman–Crippen LogP) is 3.72. The molecule has 0 aliphatic carbocycles.